The maximum absolute atomic E-state index is 12.3. The summed E-state index contributed by atoms with van der Waals surface area (Å²) in [6.07, 6.45) is 1.06. The van der Waals surface area contributed by atoms with Gasteiger partial charge in [-0.1, -0.05) is 29.8 Å². The number of carbonyl (C=O) groups excluding carboxylic acids is 1. The number of hydrogen-bond acceptors (Lipinski definition) is 4. The van der Waals surface area contributed by atoms with Gasteiger partial charge in [-0.15, -0.1) is 0 Å². The predicted molar refractivity (Wildman–Crippen MR) is 113 cm³/mol. The molecule has 1 amide bonds. The van der Waals surface area contributed by atoms with Crippen LogP contribution in [0.4, 0.5) is 5.69 Å². The lowest BCUT2D eigenvalue weighted by atomic mass is 10.1. The van der Waals surface area contributed by atoms with Crippen molar-refractivity contribution in [2.45, 2.75) is 20.8 Å². The van der Waals surface area contributed by atoms with Gasteiger partial charge in [-0.2, -0.15) is 0 Å². The molecule has 0 radical (unpaired) electrons. The van der Waals surface area contributed by atoms with Gasteiger partial charge in [0.05, 0.1) is 18.5 Å². The second kappa shape index (κ2) is 9.30. The van der Waals surface area contributed by atoms with Crippen LogP contribution in [0.3, 0.4) is 0 Å². The third kappa shape index (κ3) is 5.87. The zero-order valence-electron chi connectivity index (χ0n) is 16.5. The summed E-state index contributed by atoms with van der Waals surface area (Å²) in [7, 11) is -3.65. The molecule has 0 spiro atoms. The molecule has 2 aromatic rings. The van der Waals surface area contributed by atoms with Crippen molar-refractivity contribution in [1.82, 2.24) is 5.32 Å². The van der Waals surface area contributed by atoms with Crippen molar-refractivity contribution < 1.29 is 17.9 Å². The van der Waals surface area contributed by atoms with Gasteiger partial charge in [-0.3, -0.25) is 9.10 Å². The summed E-state index contributed by atoms with van der Waals surface area (Å²) >= 11 is 5.99. The zero-order valence-corrected chi connectivity index (χ0v) is 18.0. The Morgan fingerprint density at radius 1 is 1.14 bits per heavy atom. The summed E-state index contributed by atoms with van der Waals surface area (Å²) in [5.74, 6) is 0.343. The van der Waals surface area contributed by atoms with Crippen molar-refractivity contribution in [3.63, 3.8) is 0 Å². The average molecular weight is 425 g/mol. The monoisotopic (exact) mass is 424 g/mol. The molecule has 0 aliphatic heterocycles. The molecule has 28 heavy (non-hydrogen) atoms. The van der Waals surface area contributed by atoms with E-state index >= 15 is 0 Å². The van der Waals surface area contributed by atoms with Gasteiger partial charge in [0.1, 0.15) is 18.9 Å². The summed E-state index contributed by atoms with van der Waals surface area (Å²) in [6, 6.07) is 10.7. The Kier molecular flexibility index (Phi) is 7.32. The minimum absolute atomic E-state index is 0.262. The Morgan fingerprint density at radius 2 is 1.86 bits per heavy atom. The SMILES string of the molecule is Cc1ccc(Cl)cc1N(CC(=O)NCCOc1cccc(C)c1C)S(C)(=O)=O. The first-order chi connectivity index (χ1) is 13.1. The van der Waals surface area contributed by atoms with Crippen LogP contribution in [0.1, 0.15) is 16.7 Å². The van der Waals surface area contributed by atoms with Crippen molar-refractivity contribution >= 4 is 33.2 Å². The first kappa shape index (κ1) is 22.0. The van der Waals surface area contributed by atoms with Crippen LogP contribution in [0, 0.1) is 20.8 Å². The smallest absolute Gasteiger partial charge is 0.240 e. The van der Waals surface area contributed by atoms with E-state index in [4.69, 9.17) is 16.3 Å². The molecule has 152 valence electrons. The fraction of sp³-hybridized carbons (Fsp3) is 0.350. The number of carbonyl (C=O) groups is 1. The lowest BCUT2D eigenvalue weighted by Gasteiger charge is -2.24. The molecule has 0 aliphatic rings. The zero-order chi connectivity index (χ0) is 20.9. The van der Waals surface area contributed by atoms with Crippen LogP contribution >= 0.6 is 11.6 Å². The highest BCUT2D eigenvalue weighted by Crippen LogP contribution is 2.26. The van der Waals surface area contributed by atoms with Crippen molar-refractivity contribution in [3.8, 4) is 5.75 Å². The van der Waals surface area contributed by atoms with E-state index in [9.17, 15) is 13.2 Å². The van der Waals surface area contributed by atoms with Gasteiger partial charge in [0.25, 0.3) is 0 Å². The summed E-state index contributed by atoms with van der Waals surface area (Å²) in [4.78, 5) is 12.3. The fourth-order valence-corrected chi connectivity index (χ4v) is 3.72. The van der Waals surface area contributed by atoms with Crippen molar-refractivity contribution in [2.75, 3.05) is 30.3 Å². The topological polar surface area (TPSA) is 75.7 Å². The molecule has 0 saturated carbocycles. The number of amides is 1. The van der Waals surface area contributed by atoms with E-state index in [1.807, 2.05) is 32.0 Å². The Morgan fingerprint density at radius 3 is 2.54 bits per heavy atom. The Hall–Kier alpha value is -2.25. The molecule has 0 atom stereocenters. The van der Waals surface area contributed by atoms with Crippen molar-refractivity contribution in [1.29, 1.82) is 0 Å². The molecular weight excluding hydrogens is 400 g/mol. The van der Waals surface area contributed by atoms with E-state index in [0.717, 1.165) is 27.4 Å². The van der Waals surface area contributed by atoms with Crippen LogP contribution < -0.4 is 14.4 Å². The summed E-state index contributed by atoms with van der Waals surface area (Å²) in [5, 5.41) is 3.09. The van der Waals surface area contributed by atoms with Gasteiger partial charge in [0.15, 0.2) is 0 Å². The predicted octanol–water partition coefficient (Wildman–Crippen LogP) is 3.23. The van der Waals surface area contributed by atoms with Gasteiger partial charge in [0.2, 0.25) is 15.9 Å². The number of benzene rings is 2. The maximum atomic E-state index is 12.3. The lowest BCUT2D eigenvalue weighted by molar-refractivity contribution is -0.119. The third-order valence-electron chi connectivity index (χ3n) is 4.36. The number of nitrogens with zero attached hydrogens (tertiary/aromatic N) is 1. The quantitative estimate of drug-likeness (QED) is 0.660. The van der Waals surface area contributed by atoms with E-state index in [1.165, 1.54) is 6.07 Å². The number of nitrogens with one attached hydrogen (secondary N) is 1. The van der Waals surface area contributed by atoms with E-state index in [1.54, 1.807) is 19.1 Å². The van der Waals surface area contributed by atoms with Gasteiger partial charge in [0, 0.05) is 5.02 Å². The molecule has 0 fully saturated rings. The van der Waals surface area contributed by atoms with E-state index in [-0.39, 0.29) is 19.7 Å². The Balaban J connectivity index is 1.97. The number of sulfonamides is 1. The van der Waals surface area contributed by atoms with Gasteiger partial charge in [-0.25, -0.2) is 8.42 Å². The maximum Gasteiger partial charge on any atom is 0.240 e. The second-order valence-corrected chi connectivity index (χ2v) is 8.94. The normalized spacial score (nSPS) is 11.2. The number of anilines is 1. The average Bonchev–Trinajstić information content (AvgIpc) is 2.61. The molecule has 2 aromatic carbocycles. The van der Waals surface area contributed by atoms with Crippen LogP contribution in [-0.2, 0) is 14.8 Å². The Bertz CT molecular complexity index is 961. The largest absolute Gasteiger partial charge is 0.491 e. The first-order valence-corrected chi connectivity index (χ1v) is 11.0. The number of ether oxygens (including phenoxy) is 1. The highest BCUT2D eigenvalue weighted by atomic mass is 35.5. The molecule has 0 heterocycles. The summed E-state index contributed by atoms with van der Waals surface area (Å²) in [6.45, 7) is 5.95. The molecule has 0 unspecified atom stereocenters. The third-order valence-corrected chi connectivity index (χ3v) is 5.73. The van der Waals surface area contributed by atoms with Gasteiger partial charge in [-0.05, 0) is 55.7 Å². The minimum Gasteiger partial charge on any atom is -0.491 e. The summed E-state index contributed by atoms with van der Waals surface area (Å²) in [5.41, 5.74) is 3.27. The standard InChI is InChI=1S/C20H25ClN2O4S/c1-14-6-5-7-19(16(14)3)27-11-10-22-20(24)13-23(28(4,25)26)18-12-17(21)9-8-15(18)2/h5-9,12H,10-11,13H2,1-4H3,(H,22,24). The molecule has 0 aliphatic carbocycles. The van der Waals surface area contributed by atoms with E-state index < -0.39 is 15.9 Å². The fourth-order valence-electron chi connectivity index (χ4n) is 2.65. The first-order valence-electron chi connectivity index (χ1n) is 8.79. The lowest BCUT2D eigenvalue weighted by Crippen LogP contribution is -2.41. The molecule has 0 bridgehead atoms. The molecule has 0 aromatic heterocycles. The van der Waals surface area contributed by atoms with Crippen molar-refractivity contribution in [3.05, 3.63) is 58.1 Å². The number of aryl methyl sites for hydroxylation is 2. The van der Waals surface area contributed by atoms with Crippen molar-refractivity contribution in [2.24, 2.45) is 0 Å². The molecule has 6 nitrogen and oxygen atoms in total. The highest BCUT2D eigenvalue weighted by Gasteiger charge is 2.22. The highest BCUT2D eigenvalue weighted by molar-refractivity contribution is 7.92. The van der Waals surface area contributed by atoms with E-state index in [2.05, 4.69) is 5.32 Å². The number of hydrogen-bond donors (Lipinski definition) is 1. The van der Waals surface area contributed by atoms with Crippen LogP contribution in [0.5, 0.6) is 5.75 Å². The van der Waals surface area contributed by atoms with Crippen LogP contribution in [0.15, 0.2) is 36.4 Å². The number of halogens is 1. The molecular formula is C20H25ClN2O4S. The van der Waals surface area contributed by atoms with Gasteiger partial charge >= 0.3 is 0 Å². The molecule has 0 saturated heterocycles. The second-order valence-electron chi connectivity index (χ2n) is 6.60. The molecule has 8 heteroatoms. The van der Waals surface area contributed by atoms with Crippen LogP contribution in [0.2, 0.25) is 5.02 Å². The Labute approximate surface area is 171 Å². The summed E-state index contributed by atoms with van der Waals surface area (Å²) < 4.78 is 31.1. The number of rotatable bonds is 8. The van der Waals surface area contributed by atoms with Crippen LogP contribution in [-0.4, -0.2) is 40.3 Å². The minimum atomic E-state index is -3.65. The van der Waals surface area contributed by atoms with E-state index in [0.29, 0.717) is 16.3 Å². The van der Waals surface area contributed by atoms with Crippen LogP contribution in [0.25, 0.3) is 0 Å². The molecule has 1 N–H and O–H groups in total. The van der Waals surface area contributed by atoms with Gasteiger partial charge < -0.3 is 10.1 Å². The molecule has 2 rings (SSSR count).